The number of aromatic nitrogens is 2. The van der Waals surface area contributed by atoms with Crippen molar-refractivity contribution >= 4 is 40.0 Å². The Hall–Kier alpha value is -2.68. The van der Waals surface area contributed by atoms with Gasteiger partial charge >= 0.3 is 0 Å². The number of thioether (sulfide) groups is 1. The van der Waals surface area contributed by atoms with E-state index in [4.69, 9.17) is 4.42 Å². The standard InChI is InChI=1S/C21H19N3O3S2/c1-13-23-24-21(29-13)28-12-16-15-9-5-6-10-18(15)27-19(16)20(26)22-11-17(25)14-7-3-2-4-8-14/h2-10,17,25H,11-12H2,1H3,(H,22,26). The molecular formula is C21H19N3O3S2. The minimum Gasteiger partial charge on any atom is -0.451 e. The Labute approximate surface area is 176 Å². The number of carbonyl (C=O) groups excluding carboxylic acids is 1. The Morgan fingerprint density at radius 3 is 2.69 bits per heavy atom. The summed E-state index contributed by atoms with van der Waals surface area (Å²) in [5, 5.41) is 23.1. The van der Waals surface area contributed by atoms with Gasteiger partial charge in [-0.05, 0) is 18.6 Å². The van der Waals surface area contributed by atoms with Crippen LogP contribution < -0.4 is 5.32 Å². The molecule has 148 valence electrons. The molecule has 2 heterocycles. The van der Waals surface area contributed by atoms with Crippen LogP contribution in [-0.4, -0.2) is 27.8 Å². The first kappa shape index (κ1) is 19.6. The van der Waals surface area contributed by atoms with Gasteiger partial charge in [-0.3, -0.25) is 4.79 Å². The first-order valence-corrected chi connectivity index (χ1v) is 10.9. The molecule has 0 aliphatic carbocycles. The van der Waals surface area contributed by atoms with Crippen LogP contribution in [0.1, 0.15) is 32.8 Å². The number of amides is 1. The predicted octanol–water partition coefficient (Wildman–Crippen LogP) is 4.35. The van der Waals surface area contributed by atoms with Crippen molar-refractivity contribution in [1.82, 2.24) is 15.5 Å². The normalized spacial score (nSPS) is 12.2. The van der Waals surface area contributed by atoms with Gasteiger partial charge in [-0.1, -0.05) is 71.6 Å². The Kier molecular flexibility index (Phi) is 5.94. The lowest BCUT2D eigenvalue weighted by atomic mass is 10.1. The van der Waals surface area contributed by atoms with Crippen LogP contribution in [0.4, 0.5) is 0 Å². The second-order valence-corrected chi connectivity index (χ2v) is 8.82. The molecule has 0 fully saturated rings. The molecule has 8 heteroatoms. The maximum Gasteiger partial charge on any atom is 0.287 e. The van der Waals surface area contributed by atoms with E-state index in [9.17, 15) is 9.90 Å². The van der Waals surface area contributed by atoms with Gasteiger partial charge in [0.1, 0.15) is 10.6 Å². The van der Waals surface area contributed by atoms with Gasteiger partial charge in [0.15, 0.2) is 10.1 Å². The van der Waals surface area contributed by atoms with Crippen molar-refractivity contribution in [3.8, 4) is 0 Å². The summed E-state index contributed by atoms with van der Waals surface area (Å²) < 4.78 is 6.70. The van der Waals surface area contributed by atoms with E-state index in [2.05, 4.69) is 15.5 Å². The van der Waals surface area contributed by atoms with Crippen LogP contribution in [-0.2, 0) is 5.75 Å². The smallest absolute Gasteiger partial charge is 0.287 e. The number of benzene rings is 2. The third kappa shape index (κ3) is 4.50. The molecular weight excluding hydrogens is 406 g/mol. The molecule has 1 unspecified atom stereocenters. The van der Waals surface area contributed by atoms with E-state index in [0.29, 0.717) is 11.3 Å². The summed E-state index contributed by atoms with van der Waals surface area (Å²) in [4.78, 5) is 12.8. The van der Waals surface area contributed by atoms with E-state index in [1.165, 1.54) is 23.1 Å². The highest BCUT2D eigenvalue weighted by Gasteiger charge is 2.22. The largest absolute Gasteiger partial charge is 0.451 e. The van der Waals surface area contributed by atoms with Gasteiger partial charge in [-0.2, -0.15) is 0 Å². The van der Waals surface area contributed by atoms with Gasteiger partial charge in [-0.25, -0.2) is 0 Å². The number of para-hydroxylation sites is 1. The van der Waals surface area contributed by atoms with Crippen molar-refractivity contribution in [2.75, 3.05) is 6.54 Å². The van der Waals surface area contributed by atoms with Crippen LogP contribution in [0.5, 0.6) is 0 Å². The van der Waals surface area contributed by atoms with E-state index in [1.54, 1.807) is 0 Å². The molecule has 2 aromatic heterocycles. The number of aryl methyl sites for hydroxylation is 1. The fourth-order valence-corrected chi connectivity index (χ4v) is 4.80. The highest BCUT2D eigenvalue weighted by atomic mass is 32.2. The molecule has 0 aliphatic heterocycles. The second-order valence-electron chi connectivity index (χ2n) is 6.42. The number of furan rings is 1. The lowest BCUT2D eigenvalue weighted by Gasteiger charge is -2.12. The summed E-state index contributed by atoms with van der Waals surface area (Å²) >= 11 is 3.04. The zero-order valence-corrected chi connectivity index (χ0v) is 17.3. The minimum absolute atomic E-state index is 0.0993. The van der Waals surface area contributed by atoms with Crippen molar-refractivity contribution < 1.29 is 14.3 Å². The third-order valence-corrected chi connectivity index (χ3v) is 6.39. The van der Waals surface area contributed by atoms with E-state index in [1.807, 2.05) is 61.5 Å². The molecule has 0 radical (unpaired) electrons. The van der Waals surface area contributed by atoms with Crippen LogP contribution in [0.15, 0.2) is 63.4 Å². The molecule has 2 aromatic carbocycles. The van der Waals surface area contributed by atoms with Crippen LogP contribution >= 0.6 is 23.1 Å². The van der Waals surface area contributed by atoms with Crippen molar-refractivity contribution in [3.63, 3.8) is 0 Å². The molecule has 0 saturated carbocycles. The van der Waals surface area contributed by atoms with E-state index in [-0.39, 0.29) is 18.2 Å². The van der Waals surface area contributed by atoms with Crippen molar-refractivity contribution in [1.29, 1.82) is 0 Å². The number of hydrogen-bond donors (Lipinski definition) is 2. The van der Waals surface area contributed by atoms with E-state index in [0.717, 1.165) is 25.9 Å². The maximum atomic E-state index is 12.8. The number of aliphatic hydroxyl groups is 1. The molecule has 4 rings (SSSR count). The van der Waals surface area contributed by atoms with Crippen molar-refractivity contribution in [2.45, 2.75) is 23.1 Å². The van der Waals surface area contributed by atoms with Gasteiger partial charge in [0.05, 0.1) is 6.10 Å². The van der Waals surface area contributed by atoms with Gasteiger partial charge in [0, 0.05) is 23.2 Å². The topological polar surface area (TPSA) is 88.2 Å². The number of aliphatic hydroxyl groups excluding tert-OH is 1. The Morgan fingerprint density at radius 1 is 1.17 bits per heavy atom. The summed E-state index contributed by atoms with van der Waals surface area (Å²) in [7, 11) is 0. The quantitative estimate of drug-likeness (QED) is 0.428. The summed E-state index contributed by atoms with van der Waals surface area (Å²) in [6, 6.07) is 16.8. The lowest BCUT2D eigenvalue weighted by Crippen LogP contribution is -2.28. The number of carbonyl (C=O) groups is 1. The predicted molar refractivity (Wildman–Crippen MR) is 114 cm³/mol. The van der Waals surface area contributed by atoms with Gasteiger partial charge in [0.25, 0.3) is 5.91 Å². The first-order chi connectivity index (χ1) is 14.1. The van der Waals surface area contributed by atoms with Crippen molar-refractivity contribution in [3.05, 3.63) is 76.5 Å². The average Bonchev–Trinajstić information content (AvgIpc) is 3.34. The fraction of sp³-hybridized carbons (Fsp3) is 0.190. The monoisotopic (exact) mass is 425 g/mol. The van der Waals surface area contributed by atoms with Crippen molar-refractivity contribution in [2.24, 2.45) is 0 Å². The molecule has 0 bridgehead atoms. The number of nitrogens with zero attached hydrogens (tertiary/aromatic N) is 2. The molecule has 0 saturated heterocycles. The van der Waals surface area contributed by atoms with Gasteiger partial charge in [0.2, 0.25) is 0 Å². The Balaban J connectivity index is 1.53. The first-order valence-electron chi connectivity index (χ1n) is 9.06. The lowest BCUT2D eigenvalue weighted by molar-refractivity contribution is 0.0890. The highest BCUT2D eigenvalue weighted by molar-refractivity contribution is 8.00. The molecule has 4 aromatic rings. The molecule has 2 N–H and O–H groups in total. The zero-order valence-electron chi connectivity index (χ0n) is 15.7. The fourth-order valence-electron chi connectivity index (χ4n) is 2.96. The number of nitrogens with one attached hydrogen (secondary N) is 1. The summed E-state index contributed by atoms with van der Waals surface area (Å²) in [5.41, 5.74) is 2.22. The number of fused-ring (bicyclic) bond motifs is 1. The molecule has 0 spiro atoms. The minimum atomic E-state index is -0.785. The average molecular weight is 426 g/mol. The van der Waals surface area contributed by atoms with Gasteiger partial charge in [-0.15, -0.1) is 10.2 Å². The summed E-state index contributed by atoms with van der Waals surface area (Å²) in [6.07, 6.45) is -0.785. The van der Waals surface area contributed by atoms with E-state index >= 15 is 0 Å². The van der Waals surface area contributed by atoms with Gasteiger partial charge < -0.3 is 14.8 Å². The summed E-state index contributed by atoms with van der Waals surface area (Å²) in [5.74, 6) is 0.454. The number of hydrogen-bond acceptors (Lipinski definition) is 7. The Bertz CT molecular complexity index is 1120. The number of rotatable bonds is 7. The van der Waals surface area contributed by atoms with Crippen LogP contribution in [0.2, 0.25) is 0 Å². The van der Waals surface area contributed by atoms with Crippen LogP contribution in [0, 0.1) is 6.92 Å². The molecule has 1 amide bonds. The van der Waals surface area contributed by atoms with Crippen LogP contribution in [0.25, 0.3) is 11.0 Å². The van der Waals surface area contributed by atoms with Crippen LogP contribution in [0.3, 0.4) is 0 Å². The maximum absolute atomic E-state index is 12.8. The molecule has 29 heavy (non-hydrogen) atoms. The SMILES string of the molecule is Cc1nnc(SCc2c(C(=O)NCC(O)c3ccccc3)oc3ccccc23)s1. The summed E-state index contributed by atoms with van der Waals surface area (Å²) in [6.45, 7) is 2.01. The Morgan fingerprint density at radius 2 is 1.93 bits per heavy atom. The third-order valence-electron chi connectivity index (χ3n) is 4.39. The molecule has 1 atom stereocenters. The second kappa shape index (κ2) is 8.77. The molecule has 0 aliphatic rings. The zero-order chi connectivity index (χ0) is 20.2. The van der Waals surface area contributed by atoms with E-state index < -0.39 is 6.10 Å². The molecule has 6 nitrogen and oxygen atoms in total. The highest BCUT2D eigenvalue weighted by Crippen LogP contribution is 2.33.